The summed E-state index contributed by atoms with van der Waals surface area (Å²) in [6, 6.07) is 0. The average molecular weight is 270 g/mol. The summed E-state index contributed by atoms with van der Waals surface area (Å²) >= 11 is 5.62. The zero-order chi connectivity index (χ0) is 12.2. The van der Waals surface area contributed by atoms with Crippen LogP contribution in [0.25, 0.3) is 0 Å². The third-order valence-electron chi connectivity index (χ3n) is 2.97. The van der Waals surface area contributed by atoms with Crippen molar-refractivity contribution in [2.24, 2.45) is 5.92 Å². The fraction of sp³-hybridized carbons (Fsp3) is 1.00. The van der Waals surface area contributed by atoms with Gasteiger partial charge >= 0.3 is 0 Å². The Labute approximate surface area is 103 Å². The highest BCUT2D eigenvalue weighted by Gasteiger charge is 2.32. The number of hydrogen-bond donors (Lipinski definition) is 0. The Morgan fingerprint density at radius 3 is 2.81 bits per heavy atom. The largest absolute Gasteiger partial charge is 0.384 e. The second-order valence-electron chi connectivity index (χ2n) is 4.33. The van der Waals surface area contributed by atoms with Crippen molar-refractivity contribution in [1.82, 2.24) is 4.31 Å². The summed E-state index contributed by atoms with van der Waals surface area (Å²) in [5, 5.41) is -0.504. The number of alkyl halides is 1. The van der Waals surface area contributed by atoms with E-state index in [1.54, 1.807) is 18.3 Å². The standard InChI is InChI=1S/C10H20ClNO3S/c1-9(6-11)16(13,14)12-5-3-4-10(7-12)8-15-2/h9-10H,3-8H2,1-2H3. The molecule has 0 aromatic rings. The van der Waals surface area contributed by atoms with Crippen molar-refractivity contribution in [1.29, 1.82) is 0 Å². The SMILES string of the molecule is COCC1CCCN(S(=O)(=O)C(C)CCl)C1. The molecule has 4 nitrogen and oxygen atoms in total. The Morgan fingerprint density at radius 2 is 2.25 bits per heavy atom. The van der Waals surface area contributed by atoms with Gasteiger partial charge in [0.2, 0.25) is 10.0 Å². The molecule has 6 heteroatoms. The first-order valence-electron chi connectivity index (χ1n) is 5.56. The van der Waals surface area contributed by atoms with Crippen LogP contribution in [0.1, 0.15) is 19.8 Å². The molecule has 0 amide bonds. The van der Waals surface area contributed by atoms with Crippen molar-refractivity contribution in [2.75, 3.05) is 32.7 Å². The van der Waals surface area contributed by atoms with Gasteiger partial charge < -0.3 is 4.74 Å². The fourth-order valence-corrected chi connectivity index (χ4v) is 3.91. The Bertz CT molecular complexity index is 305. The molecule has 0 radical (unpaired) electrons. The third-order valence-corrected chi connectivity index (χ3v) is 5.85. The molecule has 96 valence electrons. The molecular formula is C10H20ClNO3S. The molecule has 0 saturated carbocycles. The minimum atomic E-state index is -3.22. The number of ether oxygens (including phenoxy) is 1. The van der Waals surface area contributed by atoms with Gasteiger partial charge in [0.25, 0.3) is 0 Å². The van der Waals surface area contributed by atoms with Crippen molar-refractivity contribution >= 4 is 21.6 Å². The summed E-state index contributed by atoms with van der Waals surface area (Å²) in [6.45, 7) is 3.46. The Morgan fingerprint density at radius 1 is 1.56 bits per heavy atom. The lowest BCUT2D eigenvalue weighted by atomic mass is 10.0. The lowest BCUT2D eigenvalue weighted by Crippen LogP contribution is -2.45. The molecule has 0 aromatic carbocycles. The quantitative estimate of drug-likeness (QED) is 0.707. The molecule has 2 unspecified atom stereocenters. The van der Waals surface area contributed by atoms with E-state index in [9.17, 15) is 8.42 Å². The first-order chi connectivity index (χ1) is 7.52. The van der Waals surface area contributed by atoms with Crippen LogP contribution in [0.2, 0.25) is 0 Å². The molecule has 0 aliphatic carbocycles. The predicted octanol–water partition coefficient (Wildman–Crippen LogP) is 1.30. The maximum atomic E-state index is 12.1. The van der Waals surface area contributed by atoms with Gasteiger partial charge in [-0.3, -0.25) is 0 Å². The van der Waals surface area contributed by atoms with Crippen LogP contribution in [-0.4, -0.2) is 50.7 Å². The van der Waals surface area contributed by atoms with Crippen LogP contribution in [0.3, 0.4) is 0 Å². The molecule has 0 bridgehead atoms. The van der Waals surface area contributed by atoms with Gasteiger partial charge in [-0.25, -0.2) is 12.7 Å². The lowest BCUT2D eigenvalue weighted by Gasteiger charge is -2.33. The van der Waals surface area contributed by atoms with Crippen molar-refractivity contribution < 1.29 is 13.2 Å². The van der Waals surface area contributed by atoms with E-state index in [2.05, 4.69) is 0 Å². The molecule has 1 rings (SSSR count). The average Bonchev–Trinajstić information content (AvgIpc) is 2.28. The maximum absolute atomic E-state index is 12.1. The van der Waals surface area contributed by atoms with Gasteiger partial charge in [-0.05, 0) is 25.7 Å². The molecule has 0 N–H and O–H groups in total. The van der Waals surface area contributed by atoms with Gasteiger partial charge in [0.1, 0.15) is 0 Å². The van der Waals surface area contributed by atoms with Crippen molar-refractivity contribution in [3.63, 3.8) is 0 Å². The van der Waals surface area contributed by atoms with Crippen LogP contribution in [0.5, 0.6) is 0 Å². The van der Waals surface area contributed by atoms with Crippen LogP contribution in [0.15, 0.2) is 0 Å². The van der Waals surface area contributed by atoms with Gasteiger partial charge in [0.15, 0.2) is 0 Å². The molecule has 1 fully saturated rings. The van der Waals surface area contributed by atoms with Gasteiger partial charge in [-0.15, -0.1) is 11.6 Å². The minimum Gasteiger partial charge on any atom is -0.384 e. The number of methoxy groups -OCH3 is 1. The van der Waals surface area contributed by atoms with Gasteiger partial charge in [0.05, 0.1) is 11.9 Å². The van der Waals surface area contributed by atoms with Gasteiger partial charge in [0, 0.05) is 26.1 Å². The summed E-state index contributed by atoms with van der Waals surface area (Å²) < 4.78 is 30.8. The predicted molar refractivity (Wildman–Crippen MR) is 65.3 cm³/mol. The van der Waals surface area contributed by atoms with Crippen LogP contribution >= 0.6 is 11.6 Å². The number of hydrogen-bond acceptors (Lipinski definition) is 3. The third kappa shape index (κ3) is 3.32. The highest BCUT2D eigenvalue weighted by atomic mass is 35.5. The molecule has 1 heterocycles. The molecule has 0 aromatic heterocycles. The summed E-state index contributed by atoms with van der Waals surface area (Å²) in [4.78, 5) is 0. The van der Waals surface area contributed by atoms with Crippen molar-refractivity contribution in [2.45, 2.75) is 25.0 Å². The number of rotatable bonds is 5. The first-order valence-corrected chi connectivity index (χ1v) is 7.60. The summed E-state index contributed by atoms with van der Waals surface area (Å²) in [7, 11) is -1.57. The fourth-order valence-electron chi connectivity index (χ4n) is 1.96. The topological polar surface area (TPSA) is 46.6 Å². The smallest absolute Gasteiger partial charge is 0.217 e. The van der Waals surface area contributed by atoms with E-state index < -0.39 is 15.3 Å². The second kappa shape index (κ2) is 6.19. The van der Waals surface area contributed by atoms with Crippen LogP contribution < -0.4 is 0 Å². The van der Waals surface area contributed by atoms with E-state index in [1.165, 1.54) is 0 Å². The Hall–Kier alpha value is 0.160. The van der Waals surface area contributed by atoms with E-state index in [0.717, 1.165) is 12.8 Å². The molecule has 1 saturated heterocycles. The maximum Gasteiger partial charge on any atom is 0.217 e. The summed E-state index contributed by atoms with van der Waals surface area (Å²) in [6.07, 6.45) is 1.94. The van der Waals surface area contributed by atoms with Crippen LogP contribution in [0.4, 0.5) is 0 Å². The normalized spacial score (nSPS) is 25.6. The number of piperidine rings is 1. The van der Waals surface area contributed by atoms with Crippen molar-refractivity contribution in [3.05, 3.63) is 0 Å². The second-order valence-corrected chi connectivity index (χ2v) is 6.99. The highest BCUT2D eigenvalue weighted by Crippen LogP contribution is 2.21. The van der Waals surface area contributed by atoms with E-state index >= 15 is 0 Å². The van der Waals surface area contributed by atoms with Gasteiger partial charge in [-0.2, -0.15) is 0 Å². The molecule has 0 spiro atoms. The zero-order valence-corrected chi connectivity index (χ0v) is 11.4. The molecule has 2 atom stereocenters. The van der Waals surface area contributed by atoms with E-state index in [1.807, 2.05) is 0 Å². The Kier molecular flexibility index (Phi) is 5.50. The number of nitrogens with zero attached hydrogens (tertiary/aromatic N) is 1. The van der Waals surface area contributed by atoms with Gasteiger partial charge in [-0.1, -0.05) is 0 Å². The molecule has 1 aliphatic rings. The monoisotopic (exact) mass is 269 g/mol. The lowest BCUT2D eigenvalue weighted by molar-refractivity contribution is 0.118. The van der Waals surface area contributed by atoms with Crippen molar-refractivity contribution in [3.8, 4) is 0 Å². The summed E-state index contributed by atoms with van der Waals surface area (Å²) in [5.41, 5.74) is 0. The number of halogens is 1. The van der Waals surface area contributed by atoms with Crippen LogP contribution in [-0.2, 0) is 14.8 Å². The zero-order valence-electron chi connectivity index (χ0n) is 9.86. The molecular weight excluding hydrogens is 250 g/mol. The molecule has 1 aliphatic heterocycles. The highest BCUT2D eigenvalue weighted by molar-refractivity contribution is 7.89. The van der Waals surface area contributed by atoms with E-state index in [4.69, 9.17) is 16.3 Å². The van der Waals surface area contributed by atoms with E-state index in [0.29, 0.717) is 25.6 Å². The minimum absolute atomic E-state index is 0.147. The number of sulfonamides is 1. The first kappa shape index (κ1) is 14.2. The summed E-state index contributed by atoms with van der Waals surface area (Å²) in [5.74, 6) is 0.462. The molecule has 16 heavy (non-hydrogen) atoms. The van der Waals surface area contributed by atoms with Crippen LogP contribution in [0, 0.1) is 5.92 Å². The Balaban J connectivity index is 2.66. The van der Waals surface area contributed by atoms with E-state index in [-0.39, 0.29) is 5.88 Å².